The van der Waals surface area contributed by atoms with Gasteiger partial charge in [-0.15, -0.1) is 0 Å². The van der Waals surface area contributed by atoms with E-state index in [-0.39, 0.29) is 6.71 Å². The molecule has 9 rings (SSSR count). The Morgan fingerprint density at radius 3 is 2.03 bits per heavy atom. The van der Waals surface area contributed by atoms with Crippen LogP contribution in [-0.2, 0) is 7.05 Å². The Hall–Kier alpha value is -4.77. The molecule has 5 heteroatoms. The van der Waals surface area contributed by atoms with Gasteiger partial charge in [-0.2, -0.15) is 4.40 Å². The number of aromatic nitrogens is 2. The third-order valence-electron chi connectivity index (χ3n) is 8.51. The summed E-state index contributed by atoms with van der Waals surface area (Å²) < 4.78 is 18.3. The summed E-state index contributed by atoms with van der Waals surface area (Å²) in [4.78, 5) is 0. The molecule has 38 heavy (non-hydrogen) atoms. The Kier molecular flexibility index (Phi) is 3.72. The summed E-state index contributed by atoms with van der Waals surface area (Å²) in [5, 5.41) is 3.48. The molecule has 0 radical (unpaired) electrons. The molecule has 2 aliphatic heterocycles. The van der Waals surface area contributed by atoms with E-state index < -0.39 is 0 Å². The number of fused-ring (bicyclic) bond motifs is 13. The Labute approximate surface area is 219 Å². The first-order valence-corrected chi connectivity index (χ1v) is 13.1. The van der Waals surface area contributed by atoms with Gasteiger partial charge in [-0.25, -0.2) is 4.57 Å². The van der Waals surface area contributed by atoms with E-state index in [1.807, 2.05) is 0 Å². The van der Waals surface area contributed by atoms with Gasteiger partial charge in [-0.05, 0) is 54.2 Å². The molecule has 0 saturated heterocycles. The number of rotatable bonds is 0. The highest BCUT2D eigenvalue weighted by atomic mass is 16.5. The van der Waals surface area contributed by atoms with Gasteiger partial charge in [0.25, 0.3) is 12.4 Å². The van der Waals surface area contributed by atoms with Crippen LogP contribution in [0.4, 0.5) is 0 Å². The number of benzene rings is 5. The van der Waals surface area contributed by atoms with Gasteiger partial charge in [-0.1, -0.05) is 60.7 Å². The Bertz CT molecular complexity index is 2170. The number of para-hydroxylation sites is 5. The Morgan fingerprint density at radius 2 is 1.26 bits per heavy atom. The van der Waals surface area contributed by atoms with Gasteiger partial charge < -0.3 is 9.47 Å². The highest BCUT2D eigenvalue weighted by molar-refractivity contribution is 6.98. The minimum absolute atomic E-state index is 0.0487. The molecule has 0 atom stereocenters. The van der Waals surface area contributed by atoms with Gasteiger partial charge in [0.15, 0.2) is 11.0 Å². The topological polar surface area (TPSA) is 26.8 Å². The average Bonchev–Trinajstić information content (AvgIpc) is 3.27. The maximum atomic E-state index is 6.88. The van der Waals surface area contributed by atoms with Gasteiger partial charge in [0, 0.05) is 21.8 Å². The molecule has 4 nitrogen and oxygen atoms in total. The summed E-state index contributed by atoms with van der Waals surface area (Å²) in [6.07, 6.45) is 0. The van der Waals surface area contributed by atoms with Crippen LogP contribution in [0.1, 0.15) is 5.56 Å². The summed E-state index contributed by atoms with van der Waals surface area (Å²) in [6, 6.07) is 34.2. The van der Waals surface area contributed by atoms with Crippen LogP contribution in [0.3, 0.4) is 0 Å². The lowest BCUT2D eigenvalue weighted by Gasteiger charge is -2.34. The lowest BCUT2D eigenvalue weighted by atomic mass is 9.34. The number of hydrogen-bond donors (Lipinski definition) is 0. The SMILES string of the molecule is Cc1c2c3c(c4c5ccccc5n5c6ccccc6[n+](C)c5c14)Oc1ccccc1B3c1ccccc1O2. The van der Waals surface area contributed by atoms with Crippen LogP contribution >= 0.6 is 0 Å². The van der Waals surface area contributed by atoms with Crippen molar-refractivity contribution in [2.45, 2.75) is 6.92 Å². The molecule has 178 valence electrons. The van der Waals surface area contributed by atoms with E-state index in [9.17, 15) is 0 Å². The molecule has 2 aromatic heterocycles. The predicted molar refractivity (Wildman–Crippen MR) is 154 cm³/mol. The van der Waals surface area contributed by atoms with Gasteiger partial charge in [-0.3, -0.25) is 0 Å². The van der Waals surface area contributed by atoms with Crippen LogP contribution < -0.4 is 30.4 Å². The van der Waals surface area contributed by atoms with Crippen molar-refractivity contribution in [3.8, 4) is 23.0 Å². The zero-order valence-corrected chi connectivity index (χ0v) is 21.0. The van der Waals surface area contributed by atoms with Crippen molar-refractivity contribution in [1.82, 2.24) is 4.40 Å². The zero-order chi connectivity index (χ0) is 25.1. The summed E-state index contributed by atoms with van der Waals surface area (Å²) in [6.45, 7) is 2.25. The summed E-state index contributed by atoms with van der Waals surface area (Å²) in [5.74, 6) is 3.64. The van der Waals surface area contributed by atoms with Gasteiger partial charge in [0.05, 0.1) is 12.4 Å². The first-order chi connectivity index (χ1) is 18.7. The van der Waals surface area contributed by atoms with E-state index in [1.54, 1.807) is 0 Å². The molecular weight excluding hydrogens is 467 g/mol. The molecule has 0 N–H and O–H groups in total. The minimum Gasteiger partial charge on any atom is -0.458 e. The van der Waals surface area contributed by atoms with Crippen molar-refractivity contribution in [3.05, 3.63) is 103 Å². The first kappa shape index (κ1) is 20.3. The van der Waals surface area contributed by atoms with Crippen molar-refractivity contribution in [1.29, 1.82) is 0 Å². The molecule has 4 heterocycles. The Balaban J connectivity index is 1.58. The third kappa shape index (κ3) is 2.31. The van der Waals surface area contributed by atoms with Crippen molar-refractivity contribution in [3.63, 3.8) is 0 Å². The van der Waals surface area contributed by atoms with Gasteiger partial charge >= 0.3 is 0 Å². The second-order valence-electron chi connectivity index (χ2n) is 10.4. The third-order valence-corrected chi connectivity index (χ3v) is 8.51. The van der Waals surface area contributed by atoms with Crippen LogP contribution in [0, 0.1) is 6.92 Å². The number of imidazole rings is 1. The lowest BCUT2D eigenvalue weighted by molar-refractivity contribution is -0.617. The molecule has 0 spiro atoms. The van der Waals surface area contributed by atoms with Crippen molar-refractivity contribution >= 4 is 61.5 Å². The van der Waals surface area contributed by atoms with Crippen LogP contribution in [0.2, 0.25) is 0 Å². The quantitative estimate of drug-likeness (QED) is 0.165. The Morgan fingerprint density at radius 1 is 0.658 bits per heavy atom. The molecular formula is C33H22BN2O2+. The second kappa shape index (κ2) is 6.96. The standard InChI is InChI=1S/C33H22BN2O2/c1-19-28-29(20-11-3-6-14-23(20)36-25-16-8-7-15-24(25)35(2)33(28)36)32-30-31(19)37-26-17-9-4-12-21(26)34(30)22-13-5-10-18-27(22)38-32/h3-18H,1-2H3/q+1. The lowest BCUT2D eigenvalue weighted by Crippen LogP contribution is -2.57. The first-order valence-electron chi connectivity index (χ1n) is 13.1. The zero-order valence-electron chi connectivity index (χ0n) is 21.0. The normalized spacial score (nSPS) is 13.4. The number of pyridine rings is 1. The van der Waals surface area contributed by atoms with Crippen LogP contribution in [0.5, 0.6) is 23.0 Å². The fraction of sp³-hybridized carbons (Fsp3) is 0.0606. The highest BCUT2D eigenvalue weighted by Crippen LogP contribution is 2.46. The number of aryl methyl sites for hydroxylation is 2. The predicted octanol–water partition coefficient (Wildman–Crippen LogP) is 5.26. The molecule has 5 aromatic carbocycles. The molecule has 0 aliphatic carbocycles. The number of ether oxygens (including phenoxy) is 2. The molecule has 0 fully saturated rings. The molecule has 7 aromatic rings. The molecule has 0 saturated carbocycles. The fourth-order valence-corrected chi connectivity index (χ4v) is 6.93. The van der Waals surface area contributed by atoms with Crippen molar-refractivity contribution in [2.75, 3.05) is 0 Å². The van der Waals surface area contributed by atoms with E-state index in [4.69, 9.17) is 9.47 Å². The fourth-order valence-electron chi connectivity index (χ4n) is 6.93. The summed E-state index contributed by atoms with van der Waals surface area (Å²) in [5.41, 5.74) is 9.29. The van der Waals surface area contributed by atoms with E-state index in [0.717, 1.165) is 50.4 Å². The average molecular weight is 489 g/mol. The smallest absolute Gasteiger partial charge is 0.296 e. The number of nitrogens with zero attached hydrogens (tertiary/aromatic N) is 2. The monoisotopic (exact) mass is 489 g/mol. The summed E-state index contributed by atoms with van der Waals surface area (Å²) >= 11 is 0. The van der Waals surface area contributed by atoms with E-state index >= 15 is 0 Å². The summed E-state index contributed by atoms with van der Waals surface area (Å²) in [7, 11) is 2.16. The van der Waals surface area contributed by atoms with Crippen molar-refractivity contribution < 1.29 is 14.0 Å². The highest BCUT2D eigenvalue weighted by Gasteiger charge is 2.43. The van der Waals surface area contributed by atoms with Gasteiger partial charge in [0.1, 0.15) is 28.5 Å². The van der Waals surface area contributed by atoms with E-state index in [0.29, 0.717) is 0 Å². The van der Waals surface area contributed by atoms with Gasteiger partial charge in [0.2, 0.25) is 0 Å². The largest absolute Gasteiger partial charge is 0.458 e. The van der Waals surface area contributed by atoms with E-state index in [2.05, 4.69) is 120 Å². The van der Waals surface area contributed by atoms with Crippen LogP contribution in [0.15, 0.2) is 97.1 Å². The van der Waals surface area contributed by atoms with Crippen molar-refractivity contribution in [2.24, 2.45) is 7.05 Å². The number of hydrogen-bond acceptors (Lipinski definition) is 2. The molecule has 0 bridgehead atoms. The maximum Gasteiger partial charge on any atom is 0.296 e. The van der Waals surface area contributed by atoms with E-state index in [1.165, 1.54) is 32.9 Å². The minimum atomic E-state index is 0.0487. The molecule has 0 unspecified atom stereocenters. The van der Waals surface area contributed by atoms with Crippen LogP contribution in [0.25, 0.3) is 38.4 Å². The van der Waals surface area contributed by atoms with Crippen LogP contribution in [-0.4, -0.2) is 11.1 Å². The maximum absolute atomic E-state index is 6.88. The molecule has 0 amide bonds. The second-order valence-corrected chi connectivity index (χ2v) is 10.4. The molecule has 2 aliphatic rings.